The van der Waals surface area contributed by atoms with Gasteiger partial charge in [-0.2, -0.15) is 4.98 Å². The molecule has 178 valence electrons. The molecule has 9 heteroatoms. The Balaban J connectivity index is 0.00000306. The average molecular weight is 476 g/mol. The second-order valence-electron chi connectivity index (χ2n) is 8.39. The van der Waals surface area contributed by atoms with Gasteiger partial charge in [0.2, 0.25) is 0 Å². The smallest absolute Gasteiger partial charge is 0.316 e. The fourth-order valence-corrected chi connectivity index (χ4v) is 4.17. The largest absolute Gasteiger partial charge is 0.467 e. The summed E-state index contributed by atoms with van der Waals surface area (Å²) in [4.78, 5) is 15.6. The van der Waals surface area contributed by atoms with Crippen LogP contribution in [-0.4, -0.2) is 64.9 Å². The first kappa shape index (κ1) is 25.1. The molecule has 1 fully saturated rings. The first-order valence-corrected chi connectivity index (χ1v) is 11.0. The third-order valence-corrected chi connectivity index (χ3v) is 5.90. The summed E-state index contributed by atoms with van der Waals surface area (Å²) in [6, 6.07) is 8.86. The SMILES string of the molecule is COc1nccc(-c2c(-c3ccc(F)cc3)ncn2C2CCC(OCCN(C)C)CC2)n1.Cl. The van der Waals surface area contributed by atoms with Crippen molar-refractivity contribution in [3.63, 3.8) is 0 Å². The Morgan fingerprint density at radius 3 is 2.45 bits per heavy atom. The van der Waals surface area contributed by atoms with Crippen molar-refractivity contribution in [2.24, 2.45) is 0 Å². The van der Waals surface area contributed by atoms with E-state index in [1.807, 2.05) is 12.4 Å². The van der Waals surface area contributed by atoms with Crippen molar-refractivity contribution in [3.8, 4) is 28.7 Å². The Bertz CT molecular complexity index is 1020. The lowest BCUT2D eigenvalue weighted by molar-refractivity contribution is 0.0133. The Hall–Kier alpha value is -2.55. The van der Waals surface area contributed by atoms with E-state index in [1.54, 1.807) is 25.4 Å². The van der Waals surface area contributed by atoms with E-state index in [0.717, 1.165) is 61.5 Å². The van der Waals surface area contributed by atoms with E-state index in [-0.39, 0.29) is 18.2 Å². The number of hydrogen-bond acceptors (Lipinski definition) is 6. The van der Waals surface area contributed by atoms with Gasteiger partial charge < -0.3 is 18.9 Å². The van der Waals surface area contributed by atoms with Crippen molar-refractivity contribution < 1.29 is 13.9 Å². The number of ether oxygens (including phenoxy) is 2. The zero-order chi connectivity index (χ0) is 22.5. The van der Waals surface area contributed by atoms with Gasteiger partial charge in [-0.25, -0.2) is 14.4 Å². The van der Waals surface area contributed by atoms with Crippen LogP contribution in [0.15, 0.2) is 42.9 Å². The van der Waals surface area contributed by atoms with E-state index in [1.165, 1.54) is 12.1 Å². The molecule has 0 aliphatic heterocycles. The molecule has 0 spiro atoms. The predicted molar refractivity (Wildman–Crippen MR) is 128 cm³/mol. The van der Waals surface area contributed by atoms with Crippen molar-refractivity contribution in [1.29, 1.82) is 0 Å². The second-order valence-corrected chi connectivity index (χ2v) is 8.39. The van der Waals surface area contributed by atoms with Gasteiger partial charge in [0.05, 0.1) is 43.2 Å². The van der Waals surface area contributed by atoms with Gasteiger partial charge in [0.1, 0.15) is 5.82 Å². The number of imidazole rings is 1. The lowest BCUT2D eigenvalue weighted by Gasteiger charge is -2.30. The standard InChI is InChI=1S/C24H30FN5O2.ClH/c1-29(2)14-15-32-20-10-8-19(9-11-20)30-16-27-22(17-4-6-18(25)7-5-17)23(30)21-12-13-26-24(28-21)31-3;/h4-7,12-13,16,19-20H,8-11,14-15H2,1-3H3;1H. The molecule has 0 saturated heterocycles. The highest BCUT2D eigenvalue weighted by Gasteiger charge is 2.27. The number of halogens is 2. The van der Waals surface area contributed by atoms with E-state index >= 15 is 0 Å². The number of benzene rings is 1. The van der Waals surface area contributed by atoms with Crippen LogP contribution in [0.3, 0.4) is 0 Å². The van der Waals surface area contributed by atoms with E-state index in [9.17, 15) is 4.39 Å². The molecule has 1 saturated carbocycles. The number of rotatable bonds is 8. The van der Waals surface area contributed by atoms with Gasteiger partial charge in [0, 0.05) is 24.3 Å². The topological polar surface area (TPSA) is 65.3 Å². The zero-order valence-corrected chi connectivity index (χ0v) is 20.1. The molecule has 7 nitrogen and oxygen atoms in total. The van der Waals surface area contributed by atoms with Crippen molar-refractivity contribution in [1.82, 2.24) is 24.4 Å². The molecule has 4 rings (SSSR count). The fourth-order valence-electron chi connectivity index (χ4n) is 4.17. The van der Waals surface area contributed by atoms with Gasteiger partial charge in [-0.1, -0.05) is 0 Å². The molecule has 2 aromatic heterocycles. The Labute approximate surface area is 200 Å². The number of aromatic nitrogens is 4. The molecule has 0 unspecified atom stereocenters. The second kappa shape index (κ2) is 11.5. The van der Waals surface area contributed by atoms with Gasteiger partial charge in [-0.15, -0.1) is 12.4 Å². The third-order valence-electron chi connectivity index (χ3n) is 5.90. The van der Waals surface area contributed by atoms with Crippen LogP contribution in [0.1, 0.15) is 31.7 Å². The quantitative estimate of drug-likeness (QED) is 0.473. The molecule has 0 bridgehead atoms. The van der Waals surface area contributed by atoms with Crippen LogP contribution in [0.5, 0.6) is 6.01 Å². The summed E-state index contributed by atoms with van der Waals surface area (Å²) in [6.07, 6.45) is 7.88. The van der Waals surface area contributed by atoms with Crippen molar-refractivity contribution in [2.75, 3.05) is 34.4 Å². The molecule has 1 aromatic carbocycles. The van der Waals surface area contributed by atoms with Crippen molar-refractivity contribution >= 4 is 12.4 Å². The lowest BCUT2D eigenvalue weighted by atomic mass is 9.92. The molecule has 33 heavy (non-hydrogen) atoms. The van der Waals surface area contributed by atoms with Crippen LogP contribution < -0.4 is 4.74 Å². The zero-order valence-electron chi connectivity index (χ0n) is 19.3. The average Bonchev–Trinajstić information content (AvgIpc) is 3.25. The molecular weight excluding hydrogens is 445 g/mol. The molecule has 1 aliphatic carbocycles. The van der Waals surface area contributed by atoms with Crippen LogP contribution in [0.2, 0.25) is 0 Å². The highest BCUT2D eigenvalue weighted by molar-refractivity contribution is 5.85. The third kappa shape index (κ3) is 6.07. The van der Waals surface area contributed by atoms with Gasteiger partial charge in [0.15, 0.2) is 0 Å². The van der Waals surface area contributed by atoms with Crippen LogP contribution in [0.25, 0.3) is 22.6 Å². The molecule has 0 atom stereocenters. The van der Waals surface area contributed by atoms with E-state index in [2.05, 4.69) is 33.5 Å². The van der Waals surface area contributed by atoms with Gasteiger partial charge in [-0.3, -0.25) is 0 Å². The molecule has 2 heterocycles. The Morgan fingerprint density at radius 2 is 1.79 bits per heavy atom. The first-order chi connectivity index (χ1) is 15.5. The summed E-state index contributed by atoms with van der Waals surface area (Å²) in [5, 5.41) is 0. The maximum Gasteiger partial charge on any atom is 0.316 e. The summed E-state index contributed by atoms with van der Waals surface area (Å²) in [5.41, 5.74) is 3.25. The lowest BCUT2D eigenvalue weighted by Crippen LogP contribution is -2.27. The van der Waals surface area contributed by atoms with Crippen molar-refractivity contribution in [2.45, 2.75) is 37.8 Å². The summed E-state index contributed by atoms with van der Waals surface area (Å²) in [5.74, 6) is -0.272. The summed E-state index contributed by atoms with van der Waals surface area (Å²) < 4.78 is 27.0. The number of nitrogens with zero attached hydrogens (tertiary/aromatic N) is 5. The number of methoxy groups -OCH3 is 1. The number of likely N-dealkylation sites (N-methyl/N-ethyl adjacent to an activating group) is 1. The molecular formula is C24H31ClFN5O2. The van der Waals surface area contributed by atoms with Crippen LogP contribution in [-0.2, 0) is 4.74 Å². The molecule has 0 radical (unpaired) electrons. The minimum absolute atomic E-state index is 0. The highest BCUT2D eigenvalue weighted by Crippen LogP contribution is 2.37. The molecule has 1 aliphatic rings. The minimum Gasteiger partial charge on any atom is -0.467 e. The fraction of sp³-hybridized carbons (Fsp3) is 0.458. The van der Waals surface area contributed by atoms with E-state index in [0.29, 0.717) is 18.2 Å². The number of hydrogen-bond donors (Lipinski definition) is 0. The van der Waals surface area contributed by atoms with E-state index in [4.69, 9.17) is 14.5 Å². The summed E-state index contributed by atoms with van der Waals surface area (Å²) in [7, 11) is 5.66. The maximum absolute atomic E-state index is 13.5. The molecule has 0 N–H and O–H groups in total. The molecule has 0 amide bonds. The van der Waals surface area contributed by atoms with Crippen LogP contribution in [0.4, 0.5) is 4.39 Å². The Kier molecular flexibility index (Phi) is 8.77. The monoisotopic (exact) mass is 475 g/mol. The summed E-state index contributed by atoms with van der Waals surface area (Å²) >= 11 is 0. The van der Waals surface area contributed by atoms with Crippen molar-refractivity contribution in [3.05, 3.63) is 48.7 Å². The molecule has 3 aromatic rings. The van der Waals surface area contributed by atoms with Gasteiger partial charge in [-0.05, 0) is 70.1 Å². The Morgan fingerprint density at radius 1 is 1.06 bits per heavy atom. The van der Waals surface area contributed by atoms with E-state index < -0.39 is 0 Å². The van der Waals surface area contributed by atoms with Gasteiger partial charge in [0.25, 0.3) is 0 Å². The van der Waals surface area contributed by atoms with Crippen LogP contribution >= 0.6 is 12.4 Å². The normalized spacial score (nSPS) is 18.2. The predicted octanol–water partition coefficient (Wildman–Crippen LogP) is 4.64. The summed E-state index contributed by atoms with van der Waals surface area (Å²) in [6.45, 7) is 1.69. The van der Waals surface area contributed by atoms with Gasteiger partial charge >= 0.3 is 6.01 Å². The highest BCUT2D eigenvalue weighted by atomic mass is 35.5. The maximum atomic E-state index is 13.5. The van der Waals surface area contributed by atoms with Crippen LogP contribution in [0, 0.1) is 5.82 Å². The first-order valence-electron chi connectivity index (χ1n) is 11.0. The minimum atomic E-state index is -0.272.